The number of rotatable bonds is 7. The van der Waals surface area contributed by atoms with E-state index in [4.69, 9.17) is 11.6 Å². The first-order chi connectivity index (χ1) is 8.15. The summed E-state index contributed by atoms with van der Waals surface area (Å²) in [5, 5.41) is 3.60. The van der Waals surface area contributed by atoms with Crippen LogP contribution in [-0.2, 0) is 6.54 Å². The normalized spacial score (nSPS) is 17.6. The zero-order chi connectivity index (χ0) is 12.3. The Bertz CT molecular complexity index is 349. The summed E-state index contributed by atoms with van der Waals surface area (Å²) in [4.78, 5) is 3.68. The third-order valence-corrected chi connectivity index (χ3v) is 4.56. The summed E-state index contributed by atoms with van der Waals surface area (Å²) in [6, 6.07) is 4.78. The fourth-order valence-electron chi connectivity index (χ4n) is 2.03. The molecule has 1 unspecified atom stereocenters. The molecular formula is C13H21ClN2S. The van der Waals surface area contributed by atoms with Gasteiger partial charge in [0.25, 0.3) is 0 Å². The zero-order valence-corrected chi connectivity index (χ0v) is 12.2. The van der Waals surface area contributed by atoms with Crippen molar-refractivity contribution in [3.05, 3.63) is 21.3 Å². The van der Waals surface area contributed by atoms with Crippen molar-refractivity contribution in [2.24, 2.45) is 5.92 Å². The maximum absolute atomic E-state index is 5.92. The Labute approximate surface area is 113 Å². The van der Waals surface area contributed by atoms with Crippen molar-refractivity contribution in [2.75, 3.05) is 20.1 Å². The van der Waals surface area contributed by atoms with Gasteiger partial charge in [-0.25, -0.2) is 0 Å². The quantitative estimate of drug-likeness (QED) is 0.820. The summed E-state index contributed by atoms with van der Waals surface area (Å²) in [6.45, 7) is 5.47. The number of nitrogens with one attached hydrogen (secondary N) is 1. The van der Waals surface area contributed by atoms with E-state index < -0.39 is 0 Å². The monoisotopic (exact) mass is 272 g/mol. The predicted octanol–water partition coefficient (Wildman–Crippen LogP) is 3.22. The average molecular weight is 273 g/mol. The van der Waals surface area contributed by atoms with Gasteiger partial charge in [-0.1, -0.05) is 11.6 Å². The highest BCUT2D eigenvalue weighted by atomic mass is 35.5. The lowest BCUT2D eigenvalue weighted by atomic mass is 10.2. The predicted molar refractivity (Wildman–Crippen MR) is 75.9 cm³/mol. The molecule has 0 radical (unpaired) electrons. The fraction of sp³-hybridized carbons (Fsp3) is 0.692. The molecule has 1 aliphatic carbocycles. The van der Waals surface area contributed by atoms with Gasteiger partial charge in [0.1, 0.15) is 0 Å². The second kappa shape index (κ2) is 6.19. The van der Waals surface area contributed by atoms with Crippen LogP contribution in [0.2, 0.25) is 4.34 Å². The summed E-state index contributed by atoms with van der Waals surface area (Å²) in [5.41, 5.74) is 0. The second-order valence-corrected chi connectivity index (χ2v) is 6.82. The van der Waals surface area contributed by atoms with E-state index >= 15 is 0 Å². The third kappa shape index (κ3) is 4.59. The van der Waals surface area contributed by atoms with Crippen molar-refractivity contribution < 1.29 is 0 Å². The van der Waals surface area contributed by atoms with Crippen LogP contribution >= 0.6 is 22.9 Å². The minimum Gasteiger partial charge on any atom is -0.313 e. The van der Waals surface area contributed by atoms with E-state index in [0.29, 0.717) is 6.04 Å². The number of hydrogen-bond donors (Lipinski definition) is 1. The minimum atomic E-state index is 0.694. The number of halogens is 1. The summed E-state index contributed by atoms with van der Waals surface area (Å²) >= 11 is 7.59. The van der Waals surface area contributed by atoms with Crippen LogP contribution in [0.3, 0.4) is 0 Å². The van der Waals surface area contributed by atoms with Crippen molar-refractivity contribution in [1.82, 2.24) is 10.2 Å². The van der Waals surface area contributed by atoms with Crippen LogP contribution in [0, 0.1) is 5.92 Å². The molecule has 1 aliphatic rings. The molecule has 1 fully saturated rings. The topological polar surface area (TPSA) is 15.3 Å². The van der Waals surface area contributed by atoms with Gasteiger partial charge >= 0.3 is 0 Å². The van der Waals surface area contributed by atoms with Crippen molar-refractivity contribution in [3.8, 4) is 0 Å². The molecule has 1 atom stereocenters. The van der Waals surface area contributed by atoms with E-state index in [1.807, 2.05) is 6.07 Å². The molecule has 0 bridgehead atoms. The summed E-state index contributed by atoms with van der Waals surface area (Å²) in [6.07, 6.45) is 2.83. The number of thiophene rings is 1. The van der Waals surface area contributed by atoms with E-state index in [1.165, 1.54) is 17.7 Å². The van der Waals surface area contributed by atoms with Gasteiger partial charge in [0.15, 0.2) is 0 Å². The average Bonchev–Trinajstić information content (AvgIpc) is 3.04. The molecule has 0 aromatic carbocycles. The van der Waals surface area contributed by atoms with Crippen LogP contribution in [0.25, 0.3) is 0 Å². The van der Waals surface area contributed by atoms with Crippen LogP contribution in [0.4, 0.5) is 0 Å². The Morgan fingerprint density at radius 3 is 2.88 bits per heavy atom. The first-order valence-electron chi connectivity index (χ1n) is 6.31. The largest absolute Gasteiger partial charge is 0.313 e. The van der Waals surface area contributed by atoms with E-state index in [9.17, 15) is 0 Å². The number of nitrogens with zero attached hydrogens (tertiary/aromatic N) is 1. The van der Waals surface area contributed by atoms with Gasteiger partial charge in [-0.2, -0.15) is 0 Å². The van der Waals surface area contributed by atoms with Crippen LogP contribution in [0.15, 0.2) is 12.1 Å². The second-order valence-electron chi connectivity index (χ2n) is 5.02. The highest BCUT2D eigenvalue weighted by Gasteiger charge is 2.27. The SMILES string of the molecule is CC(NCCN(C)Cc1ccc(Cl)s1)C1CC1. The zero-order valence-electron chi connectivity index (χ0n) is 10.6. The number of likely N-dealkylation sites (N-methyl/N-ethyl adjacent to an activating group) is 1. The third-order valence-electron chi connectivity index (χ3n) is 3.34. The lowest BCUT2D eigenvalue weighted by Gasteiger charge is -2.18. The molecule has 2 rings (SSSR count). The molecule has 96 valence electrons. The molecule has 1 N–H and O–H groups in total. The van der Waals surface area contributed by atoms with Gasteiger partial charge < -0.3 is 10.2 Å². The molecular weight excluding hydrogens is 252 g/mol. The van der Waals surface area contributed by atoms with E-state index in [-0.39, 0.29) is 0 Å². The van der Waals surface area contributed by atoms with E-state index in [1.54, 1.807) is 11.3 Å². The Morgan fingerprint density at radius 2 is 2.29 bits per heavy atom. The maximum Gasteiger partial charge on any atom is 0.0931 e. The molecule has 1 aromatic heterocycles. The molecule has 1 saturated carbocycles. The minimum absolute atomic E-state index is 0.694. The molecule has 2 nitrogen and oxygen atoms in total. The summed E-state index contributed by atoms with van der Waals surface area (Å²) < 4.78 is 0.883. The van der Waals surface area contributed by atoms with Crippen molar-refractivity contribution >= 4 is 22.9 Å². The van der Waals surface area contributed by atoms with Crippen molar-refractivity contribution in [1.29, 1.82) is 0 Å². The molecule has 0 saturated heterocycles. The van der Waals surface area contributed by atoms with Crippen LogP contribution < -0.4 is 5.32 Å². The van der Waals surface area contributed by atoms with Crippen LogP contribution in [0.1, 0.15) is 24.6 Å². The summed E-state index contributed by atoms with van der Waals surface area (Å²) in [7, 11) is 2.16. The fourth-order valence-corrected chi connectivity index (χ4v) is 3.20. The summed E-state index contributed by atoms with van der Waals surface area (Å²) in [5.74, 6) is 0.941. The number of hydrogen-bond acceptors (Lipinski definition) is 3. The van der Waals surface area contributed by atoms with Gasteiger partial charge in [0.2, 0.25) is 0 Å². The maximum atomic E-state index is 5.92. The lowest BCUT2D eigenvalue weighted by Crippen LogP contribution is -2.35. The lowest BCUT2D eigenvalue weighted by molar-refractivity contribution is 0.317. The van der Waals surface area contributed by atoms with E-state index in [2.05, 4.69) is 30.3 Å². The Kier molecular flexibility index (Phi) is 4.86. The first-order valence-corrected chi connectivity index (χ1v) is 7.51. The smallest absolute Gasteiger partial charge is 0.0931 e. The van der Waals surface area contributed by atoms with Gasteiger partial charge in [0, 0.05) is 30.6 Å². The van der Waals surface area contributed by atoms with Gasteiger partial charge in [-0.15, -0.1) is 11.3 Å². The molecule has 0 spiro atoms. The van der Waals surface area contributed by atoms with Crippen molar-refractivity contribution in [2.45, 2.75) is 32.4 Å². The van der Waals surface area contributed by atoms with Crippen LogP contribution in [-0.4, -0.2) is 31.1 Å². The molecule has 1 heterocycles. The standard InChI is InChI=1S/C13H21ClN2S/c1-10(11-3-4-11)15-7-8-16(2)9-12-5-6-13(14)17-12/h5-6,10-11,15H,3-4,7-9H2,1-2H3. The van der Waals surface area contributed by atoms with E-state index in [0.717, 1.165) is 29.9 Å². The molecule has 17 heavy (non-hydrogen) atoms. The van der Waals surface area contributed by atoms with Crippen LogP contribution in [0.5, 0.6) is 0 Å². The van der Waals surface area contributed by atoms with Gasteiger partial charge in [0.05, 0.1) is 4.34 Å². The molecule has 1 aromatic rings. The Hall–Kier alpha value is -0.0900. The van der Waals surface area contributed by atoms with Crippen molar-refractivity contribution in [3.63, 3.8) is 0 Å². The first kappa shape index (κ1) is 13.3. The Morgan fingerprint density at radius 1 is 1.53 bits per heavy atom. The molecule has 0 amide bonds. The Balaban J connectivity index is 1.61. The van der Waals surface area contributed by atoms with Gasteiger partial charge in [-0.05, 0) is 44.9 Å². The molecule has 0 aliphatic heterocycles. The van der Waals surface area contributed by atoms with Gasteiger partial charge in [-0.3, -0.25) is 0 Å². The highest BCUT2D eigenvalue weighted by molar-refractivity contribution is 7.16. The highest BCUT2D eigenvalue weighted by Crippen LogP contribution is 2.32. The molecule has 4 heteroatoms.